The van der Waals surface area contributed by atoms with Gasteiger partial charge in [-0.2, -0.15) is 0 Å². The summed E-state index contributed by atoms with van der Waals surface area (Å²) in [5, 5.41) is 4.61. The third-order valence-electron chi connectivity index (χ3n) is 3.46. The molecule has 8 heteroatoms. The first-order valence-corrected chi connectivity index (χ1v) is 7.81. The molecule has 2 amide bonds. The summed E-state index contributed by atoms with van der Waals surface area (Å²) in [6.45, 7) is 1.76. The summed E-state index contributed by atoms with van der Waals surface area (Å²) < 4.78 is 39.7. The highest BCUT2D eigenvalue weighted by molar-refractivity contribution is 8.00. The topological polar surface area (TPSA) is 58.2 Å². The van der Waals surface area contributed by atoms with Crippen molar-refractivity contribution in [2.75, 3.05) is 10.6 Å². The normalized spacial score (nSPS) is 16.3. The van der Waals surface area contributed by atoms with Crippen molar-refractivity contribution >= 4 is 35.0 Å². The number of rotatable bonds is 2. The van der Waals surface area contributed by atoms with Gasteiger partial charge in [-0.15, -0.1) is 11.8 Å². The molecule has 1 aliphatic rings. The number of hydrogen-bond donors (Lipinski definition) is 2. The van der Waals surface area contributed by atoms with E-state index >= 15 is 0 Å². The van der Waals surface area contributed by atoms with Crippen molar-refractivity contribution in [3.63, 3.8) is 0 Å². The Hall–Kier alpha value is -2.48. The van der Waals surface area contributed by atoms with Crippen LogP contribution in [0.15, 0.2) is 35.2 Å². The molecule has 1 heterocycles. The minimum absolute atomic E-state index is 0.147. The molecule has 1 atom stereocenters. The van der Waals surface area contributed by atoms with Gasteiger partial charge in [0.25, 0.3) is 5.91 Å². The molecule has 2 aromatic carbocycles. The molecule has 0 unspecified atom stereocenters. The molecule has 124 valence electrons. The Bertz CT molecular complexity index is 857. The first-order chi connectivity index (χ1) is 11.4. The minimum atomic E-state index is -1.66. The highest BCUT2D eigenvalue weighted by Crippen LogP contribution is 2.36. The third-order valence-corrected chi connectivity index (χ3v) is 4.63. The molecule has 3 rings (SSSR count). The maximum atomic E-state index is 13.6. The molecular formula is C16H11F3N2O2S. The second kappa shape index (κ2) is 6.20. The number of benzene rings is 2. The van der Waals surface area contributed by atoms with Gasteiger partial charge in [-0.05, 0) is 37.3 Å². The van der Waals surface area contributed by atoms with Crippen LogP contribution >= 0.6 is 11.8 Å². The van der Waals surface area contributed by atoms with Crippen LogP contribution in [0, 0.1) is 17.5 Å². The summed E-state index contributed by atoms with van der Waals surface area (Å²) in [6.07, 6.45) is 0. The third kappa shape index (κ3) is 2.96. The average molecular weight is 352 g/mol. The molecule has 0 saturated heterocycles. The highest BCUT2D eigenvalue weighted by atomic mass is 32.2. The largest absolute Gasteiger partial charge is 0.324 e. The Labute approximate surface area is 139 Å². The van der Waals surface area contributed by atoms with Crippen LogP contribution in [0.25, 0.3) is 0 Å². The van der Waals surface area contributed by atoms with E-state index in [0.29, 0.717) is 5.69 Å². The van der Waals surface area contributed by atoms with Crippen LogP contribution in [0.2, 0.25) is 0 Å². The first-order valence-electron chi connectivity index (χ1n) is 6.93. The summed E-state index contributed by atoms with van der Waals surface area (Å²) >= 11 is 1.36. The highest BCUT2D eigenvalue weighted by Gasteiger charge is 2.24. The zero-order chi connectivity index (χ0) is 17.4. The molecule has 0 saturated carbocycles. The summed E-state index contributed by atoms with van der Waals surface area (Å²) in [7, 11) is 0. The summed E-state index contributed by atoms with van der Waals surface area (Å²) in [4.78, 5) is 24.7. The standard InChI is InChI=1S/C16H11F3N2O2S/c1-7-15(22)21-11-6-8(2-5-12(11)24-7)16(23)20-10-4-3-9(17)13(18)14(10)19/h2-7H,1H3,(H,20,23)(H,21,22)/t7-/m1/s1. The zero-order valence-electron chi connectivity index (χ0n) is 12.3. The van der Waals surface area contributed by atoms with E-state index in [1.807, 2.05) is 0 Å². The Kier molecular flexibility index (Phi) is 4.23. The van der Waals surface area contributed by atoms with E-state index in [-0.39, 0.29) is 16.7 Å². The number of carbonyl (C=O) groups excluding carboxylic acids is 2. The van der Waals surface area contributed by atoms with Crippen LogP contribution in [0.3, 0.4) is 0 Å². The van der Waals surface area contributed by atoms with Crippen molar-refractivity contribution < 1.29 is 22.8 Å². The molecule has 0 aromatic heterocycles. The molecular weight excluding hydrogens is 341 g/mol. The fourth-order valence-electron chi connectivity index (χ4n) is 2.17. The van der Waals surface area contributed by atoms with E-state index in [9.17, 15) is 22.8 Å². The Morgan fingerprint density at radius 1 is 1.17 bits per heavy atom. The van der Waals surface area contributed by atoms with E-state index in [1.165, 1.54) is 23.9 Å². The molecule has 0 bridgehead atoms. The van der Waals surface area contributed by atoms with Crippen LogP contribution in [-0.4, -0.2) is 17.1 Å². The molecule has 24 heavy (non-hydrogen) atoms. The maximum absolute atomic E-state index is 13.6. The van der Waals surface area contributed by atoms with E-state index in [2.05, 4.69) is 10.6 Å². The molecule has 1 aliphatic heterocycles. The van der Waals surface area contributed by atoms with Gasteiger partial charge in [-0.3, -0.25) is 9.59 Å². The van der Waals surface area contributed by atoms with E-state index in [0.717, 1.165) is 17.0 Å². The SMILES string of the molecule is C[C@H]1Sc2ccc(C(=O)Nc3ccc(F)c(F)c3F)cc2NC1=O. The van der Waals surface area contributed by atoms with Gasteiger partial charge in [-0.25, -0.2) is 13.2 Å². The Morgan fingerprint density at radius 2 is 1.92 bits per heavy atom. The number of anilines is 2. The zero-order valence-corrected chi connectivity index (χ0v) is 13.1. The van der Waals surface area contributed by atoms with Gasteiger partial charge in [0.15, 0.2) is 17.5 Å². The molecule has 4 nitrogen and oxygen atoms in total. The van der Waals surface area contributed by atoms with Crippen LogP contribution in [0.5, 0.6) is 0 Å². The van der Waals surface area contributed by atoms with Gasteiger partial charge in [-0.1, -0.05) is 0 Å². The maximum Gasteiger partial charge on any atom is 0.255 e. The van der Waals surface area contributed by atoms with Gasteiger partial charge in [0, 0.05) is 10.5 Å². The average Bonchev–Trinajstić information content (AvgIpc) is 2.56. The Morgan fingerprint density at radius 3 is 2.67 bits per heavy atom. The summed E-state index contributed by atoms with van der Waals surface area (Å²) in [6, 6.07) is 6.26. The van der Waals surface area contributed by atoms with Crippen LogP contribution < -0.4 is 10.6 Å². The Balaban J connectivity index is 1.85. The van der Waals surface area contributed by atoms with Crippen molar-refractivity contribution in [2.24, 2.45) is 0 Å². The molecule has 2 aromatic rings. The van der Waals surface area contributed by atoms with E-state index in [4.69, 9.17) is 0 Å². The first kappa shape index (κ1) is 16.4. The monoisotopic (exact) mass is 352 g/mol. The molecule has 0 spiro atoms. The van der Waals surface area contributed by atoms with Gasteiger partial charge in [0.2, 0.25) is 5.91 Å². The molecule has 0 radical (unpaired) electrons. The fourth-order valence-corrected chi connectivity index (χ4v) is 3.10. The lowest BCUT2D eigenvalue weighted by Gasteiger charge is -2.21. The molecule has 0 aliphatic carbocycles. The predicted molar refractivity (Wildman–Crippen MR) is 84.7 cm³/mol. The van der Waals surface area contributed by atoms with Crippen molar-refractivity contribution in [1.29, 1.82) is 0 Å². The summed E-state index contributed by atoms with van der Waals surface area (Å²) in [5.74, 6) is -5.36. The number of amides is 2. The van der Waals surface area contributed by atoms with Gasteiger partial charge >= 0.3 is 0 Å². The second-order valence-electron chi connectivity index (χ2n) is 5.14. The van der Waals surface area contributed by atoms with Crippen molar-refractivity contribution in [3.8, 4) is 0 Å². The molecule has 0 fully saturated rings. The lowest BCUT2D eigenvalue weighted by Crippen LogP contribution is -2.26. The van der Waals surface area contributed by atoms with Gasteiger partial charge in [0.1, 0.15) is 0 Å². The van der Waals surface area contributed by atoms with Gasteiger partial charge in [0.05, 0.1) is 16.6 Å². The number of halogens is 3. The lowest BCUT2D eigenvalue weighted by molar-refractivity contribution is -0.115. The fraction of sp³-hybridized carbons (Fsp3) is 0.125. The van der Waals surface area contributed by atoms with Crippen LogP contribution in [0.4, 0.5) is 24.5 Å². The van der Waals surface area contributed by atoms with Crippen LogP contribution in [0.1, 0.15) is 17.3 Å². The van der Waals surface area contributed by atoms with Gasteiger partial charge < -0.3 is 10.6 Å². The number of thioether (sulfide) groups is 1. The van der Waals surface area contributed by atoms with Crippen molar-refractivity contribution in [2.45, 2.75) is 17.1 Å². The summed E-state index contributed by atoms with van der Waals surface area (Å²) in [5.41, 5.74) is 0.151. The van der Waals surface area contributed by atoms with E-state index < -0.39 is 29.0 Å². The number of nitrogens with one attached hydrogen (secondary N) is 2. The number of fused-ring (bicyclic) bond motifs is 1. The number of carbonyl (C=O) groups is 2. The minimum Gasteiger partial charge on any atom is -0.324 e. The van der Waals surface area contributed by atoms with Crippen LogP contribution in [-0.2, 0) is 4.79 Å². The lowest BCUT2D eigenvalue weighted by atomic mass is 10.1. The predicted octanol–water partition coefficient (Wildman–Crippen LogP) is 3.79. The van der Waals surface area contributed by atoms with Crippen molar-refractivity contribution in [1.82, 2.24) is 0 Å². The van der Waals surface area contributed by atoms with Crippen molar-refractivity contribution in [3.05, 3.63) is 53.3 Å². The molecule has 2 N–H and O–H groups in total. The number of hydrogen-bond acceptors (Lipinski definition) is 3. The van der Waals surface area contributed by atoms with E-state index in [1.54, 1.807) is 13.0 Å². The quantitative estimate of drug-likeness (QED) is 0.809. The second-order valence-corrected chi connectivity index (χ2v) is 6.52. The smallest absolute Gasteiger partial charge is 0.255 e.